The van der Waals surface area contributed by atoms with Gasteiger partial charge < -0.3 is 0 Å². The van der Waals surface area contributed by atoms with E-state index < -0.39 is 34.9 Å². The van der Waals surface area contributed by atoms with Crippen molar-refractivity contribution in [1.29, 1.82) is 0 Å². The van der Waals surface area contributed by atoms with E-state index in [0.717, 1.165) is 30.5 Å². The normalized spacial score (nSPS) is 11.4. The summed E-state index contributed by atoms with van der Waals surface area (Å²) in [7, 11) is 0. The molecule has 0 aliphatic carbocycles. The van der Waals surface area contributed by atoms with Crippen molar-refractivity contribution in [2.24, 2.45) is 0 Å². The summed E-state index contributed by atoms with van der Waals surface area (Å²) >= 11 is 0. The van der Waals surface area contributed by atoms with Crippen molar-refractivity contribution in [3.63, 3.8) is 0 Å². The molecule has 0 saturated heterocycles. The van der Waals surface area contributed by atoms with Crippen LogP contribution >= 0.6 is 0 Å². The third kappa shape index (κ3) is 5.75. The number of benzene rings is 4. The average Bonchev–Trinajstić information content (AvgIpc) is 2.85. The second kappa shape index (κ2) is 11.2. The molecule has 0 bridgehead atoms. The van der Waals surface area contributed by atoms with Crippen LogP contribution in [0.15, 0.2) is 54.6 Å². The summed E-state index contributed by atoms with van der Waals surface area (Å²) < 4.78 is 84.1. The topological polar surface area (TPSA) is 0 Å². The monoisotopic (exact) mass is 500 g/mol. The molecule has 0 amide bonds. The fourth-order valence-electron chi connectivity index (χ4n) is 4.46. The minimum absolute atomic E-state index is 0.0468. The molecule has 0 fully saturated rings. The van der Waals surface area contributed by atoms with E-state index in [1.165, 1.54) is 12.1 Å². The van der Waals surface area contributed by atoms with Gasteiger partial charge in [-0.05, 0) is 90.4 Å². The Bertz CT molecular complexity index is 1350. The van der Waals surface area contributed by atoms with Gasteiger partial charge >= 0.3 is 0 Å². The minimum atomic E-state index is -1.53. The van der Waals surface area contributed by atoms with Gasteiger partial charge in [0.25, 0.3) is 0 Å². The van der Waals surface area contributed by atoms with Crippen LogP contribution in [0.25, 0.3) is 10.8 Å². The van der Waals surface area contributed by atoms with Gasteiger partial charge in [-0.15, -0.1) is 0 Å². The van der Waals surface area contributed by atoms with Crippen LogP contribution < -0.4 is 0 Å². The van der Waals surface area contributed by atoms with Crippen LogP contribution in [-0.4, -0.2) is 0 Å². The quantitative estimate of drug-likeness (QED) is 0.159. The van der Waals surface area contributed by atoms with Crippen LogP contribution in [0.3, 0.4) is 0 Å². The first-order valence-corrected chi connectivity index (χ1v) is 12.1. The Labute approximate surface area is 206 Å². The van der Waals surface area contributed by atoms with E-state index in [9.17, 15) is 22.0 Å². The molecule has 0 aromatic heterocycles. The lowest BCUT2D eigenvalue weighted by atomic mass is 9.96. The molecule has 0 aliphatic rings. The molecule has 6 heteroatoms. The molecule has 4 aromatic rings. The first-order valence-electron chi connectivity index (χ1n) is 12.1. The highest BCUT2D eigenvalue weighted by atomic mass is 19.2. The third-order valence-corrected chi connectivity index (χ3v) is 6.51. The maximum atomic E-state index is 15.1. The van der Waals surface area contributed by atoms with Crippen LogP contribution in [0.1, 0.15) is 47.6 Å². The summed E-state index contributed by atoms with van der Waals surface area (Å²) in [6, 6.07) is 13.1. The largest absolute Gasteiger partial charge is 0.207 e. The number of fused-ring (bicyclic) bond motifs is 1. The highest BCUT2D eigenvalue weighted by Crippen LogP contribution is 2.26. The zero-order valence-electron chi connectivity index (χ0n) is 19.9. The molecule has 0 atom stereocenters. The molecule has 0 heterocycles. The van der Waals surface area contributed by atoms with E-state index in [2.05, 4.69) is 0 Å². The van der Waals surface area contributed by atoms with Crippen LogP contribution in [0, 0.1) is 34.9 Å². The molecule has 36 heavy (non-hydrogen) atoms. The molecule has 0 radical (unpaired) electrons. The highest BCUT2D eigenvalue weighted by Gasteiger charge is 2.14. The summed E-state index contributed by atoms with van der Waals surface area (Å²) in [4.78, 5) is 0. The Morgan fingerprint density at radius 2 is 1.14 bits per heavy atom. The summed E-state index contributed by atoms with van der Waals surface area (Å²) in [5.41, 5.74) is 2.13. The lowest BCUT2D eigenvalue weighted by Gasteiger charge is -2.11. The molecule has 188 valence electrons. The lowest BCUT2D eigenvalue weighted by Crippen LogP contribution is -2.02. The second-order valence-corrected chi connectivity index (χ2v) is 9.11. The van der Waals surface area contributed by atoms with Crippen LogP contribution in [0.4, 0.5) is 26.3 Å². The molecule has 0 saturated carbocycles. The van der Waals surface area contributed by atoms with Crippen LogP contribution in [0.2, 0.25) is 0 Å². The van der Waals surface area contributed by atoms with E-state index in [1.807, 2.05) is 6.92 Å². The van der Waals surface area contributed by atoms with Crippen molar-refractivity contribution in [3.8, 4) is 0 Å². The van der Waals surface area contributed by atoms with Crippen molar-refractivity contribution in [2.75, 3.05) is 0 Å². The van der Waals surface area contributed by atoms with E-state index in [-0.39, 0.29) is 30.4 Å². The zero-order chi connectivity index (χ0) is 25.8. The standard InChI is InChI=1S/C30H26F6/c1-2-3-4-19-14-25(31)24(26(32)15-19)12-7-18-6-11-23-22(13-18)10-9-21(29(23)35)8-5-20-16-27(33)30(36)28(34)17-20/h6,9-11,13-17H,2-5,7-8,12H2,1H3. The molecule has 0 spiro atoms. The van der Waals surface area contributed by atoms with E-state index in [1.54, 1.807) is 30.3 Å². The Kier molecular flexibility index (Phi) is 8.02. The Balaban J connectivity index is 1.46. The number of hydrogen-bond acceptors (Lipinski definition) is 0. The SMILES string of the molecule is CCCCc1cc(F)c(CCc2ccc3c(F)c(CCc4cc(F)c(F)c(F)c4)ccc3c2)c(F)c1. The molecule has 0 aliphatic heterocycles. The van der Waals surface area contributed by atoms with E-state index in [4.69, 9.17) is 0 Å². The third-order valence-electron chi connectivity index (χ3n) is 6.51. The van der Waals surface area contributed by atoms with Crippen molar-refractivity contribution < 1.29 is 26.3 Å². The second-order valence-electron chi connectivity index (χ2n) is 9.11. The predicted molar refractivity (Wildman–Crippen MR) is 130 cm³/mol. The maximum absolute atomic E-state index is 15.1. The average molecular weight is 501 g/mol. The van der Waals surface area contributed by atoms with E-state index >= 15 is 4.39 Å². The summed E-state index contributed by atoms with van der Waals surface area (Å²) in [5, 5.41) is 1.02. The van der Waals surface area contributed by atoms with Gasteiger partial charge in [0.1, 0.15) is 17.5 Å². The Morgan fingerprint density at radius 1 is 0.528 bits per heavy atom. The fraction of sp³-hybridized carbons (Fsp3) is 0.267. The molecule has 4 aromatic carbocycles. The Morgan fingerprint density at radius 3 is 1.81 bits per heavy atom. The lowest BCUT2D eigenvalue weighted by molar-refractivity contribution is 0.445. The summed E-state index contributed by atoms with van der Waals surface area (Å²) in [5.74, 6) is -5.60. The van der Waals surface area contributed by atoms with Gasteiger partial charge in [-0.3, -0.25) is 0 Å². The summed E-state index contributed by atoms with van der Waals surface area (Å²) in [6.07, 6.45) is 3.36. The van der Waals surface area contributed by atoms with Crippen molar-refractivity contribution in [2.45, 2.75) is 51.9 Å². The van der Waals surface area contributed by atoms with Gasteiger partial charge in [0.15, 0.2) is 17.5 Å². The number of halogens is 6. The molecule has 0 unspecified atom stereocenters. The summed E-state index contributed by atoms with van der Waals surface area (Å²) in [6.45, 7) is 2.02. The van der Waals surface area contributed by atoms with Crippen molar-refractivity contribution in [1.82, 2.24) is 0 Å². The van der Waals surface area contributed by atoms with Gasteiger partial charge in [0, 0.05) is 10.9 Å². The molecule has 0 N–H and O–H groups in total. The van der Waals surface area contributed by atoms with Gasteiger partial charge in [0.2, 0.25) is 0 Å². The maximum Gasteiger partial charge on any atom is 0.194 e. The van der Waals surface area contributed by atoms with Gasteiger partial charge in [0.05, 0.1) is 0 Å². The highest BCUT2D eigenvalue weighted by molar-refractivity contribution is 5.84. The number of aryl methyl sites for hydroxylation is 4. The fourth-order valence-corrected chi connectivity index (χ4v) is 4.46. The first kappa shape index (κ1) is 25.8. The van der Waals surface area contributed by atoms with Gasteiger partial charge in [-0.25, -0.2) is 26.3 Å². The van der Waals surface area contributed by atoms with Gasteiger partial charge in [-0.2, -0.15) is 0 Å². The Hall–Kier alpha value is -3.28. The molecular weight excluding hydrogens is 474 g/mol. The zero-order valence-corrected chi connectivity index (χ0v) is 19.9. The van der Waals surface area contributed by atoms with Crippen LogP contribution in [-0.2, 0) is 32.1 Å². The molecule has 4 rings (SSSR count). The first-order chi connectivity index (χ1) is 17.3. The van der Waals surface area contributed by atoms with Crippen LogP contribution in [0.5, 0.6) is 0 Å². The van der Waals surface area contributed by atoms with Crippen molar-refractivity contribution in [3.05, 3.63) is 117 Å². The van der Waals surface area contributed by atoms with E-state index in [0.29, 0.717) is 34.7 Å². The molecular formula is C30H26F6. The minimum Gasteiger partial charge on any atom is -0.207 e. The predicted octanol–water partition coefficient (Wildman–Crippen LogP) is 8.59. The number of rotatable bonds is 9. The smallest absolute Gasteiger partial charge is 0.194 e. The van der Waals surface area contributed by atoms with Crippen molar-refractivity contribution >= 4 is 10.8 Å². The van der Waals surface area contributed by atoms with Gasteiger partial charge in [-0.1, -0.05) is 43.7 Å². The molecule has 0 nitrogen and oxygen atoms in total. The number of hydrogen-bond donors (Lipinski definition) is 0. The number of unbranched alkanes of at least 4 members (excludes halogenated alkanes) is 1.